The van der Waals surface area contributed by atoms with Crippen molar-refractivity contribution < 1.29 is 0 Å². The summed E-state index contributed by atoms with van der Waals surface area (Å²) in [6, 6.07) is 8.82. The van der Waals surface area contributed by atoms with Crippen molar-refractivity contribution >= 4 is 0 Å². The molecule has 1 aliphatic heterocycles. The maximum absolute atomic E-state index is 5.97. The number of hydrogen-bond donors (Lipinski definition) is 2. The molecule has 1 heterocycles. The highest BCUT2D eigenvalue weighted by Crippen LogP contribution is 2.30. The zero-order valence-corrected chi connectivity index (χ0v) is 10.1. The van der Waals surface area contributed by atoms with Crippen LogP contribution in [0.2, 0.25) is 0 Å². The van der Waals surface area contributed by atoms with Crippen LogP contribution >= 0.6 is 0 Å². The molecule has 2 nitrogen and oxygen atoms in total. The van der Waals surface area contributed by atoms with Gasteiger partial charge in [0.05, 0.1) is 0 Å². The fourth-order valence-electron chi connectivity index (χ4n) is 2.75. The molecule has 0 bridgehead atoms. The van der Waals surface area contributed by atoms with Crippen LogP contribution in [0.1, 0.15) is 29.9 Å². The van der Waals surface area contributed by atoms with Crippen molar-refractivity contribution in [3.8, 4) is 0 Å². The number of hydrogen-bond acceptors (Lipinski definition) is 2. The van der Waals surface area contributed by atoms with Gasteiger partial charge in [-0.25, -0.2) is 0 Å². The molecule has 1 aromatic rings. The smallest absolute Gasteiger partial charge is 0.000555 e. The molecule has 2 heteroatoms. The SMILES string of the molecule is Cc1cccc(C(CN)C2CCNCC2)c1. The van der Waals surface area contributed by atoms with Crippen LogP contribution in [-0.2, 0) is 0 Å². The number of nitrogens with one attached hydrogen (secondary N) is 1. The van der Waals surface area contributed by atoms with E-state index in [-0.39, 0.29) is 0 Å². The van der Waals surface area contributed by atoms with Gasteiger partial charge in [0.25, 0.3) is 0 Å². The Balaban J connectivity index is 2.14. The third-order valence-electron chi connectivity index (χ3n) is 3.68. The van der Waals surface area contributed by atoms with Crippen LogP contribution in [0.15, 0.2) is 24.3 Å². The minimum absolute atomic E-state index is 0.544. The molecular weight excluding hydrogens is 196 g/mol. The van der Waals surface area contributed by atoms with Gasteiger partial charge in [-0.05, 0) is 56.8 Å². The molecule has 1 aromatic carbocycles. The van der Waals surface area contributed by atoms with Crippen LogP contribution in [0.25, 0.3) is 0 Å². The summed E-state index contributed by atoms with van der Waals surface area (Å²) >= 11 is 0. The Morgan fingerprint density at radius 1 is 1.38 bits per heavy atom. The summed E-state index contributed by atoms with van der Waals surface area (Å²) in [5.74, 6) is 1.30. The molecule has 0 spiro atoms. The highest BCUT2D eigenvalue weighted by Gasteiger charge is 2.23. The second kappa shape index (κ2) is 5.46. The van der Waals surface area contributed by atoms with Crippen LogP contribution in [0.5, 0.6) is 0 Å². The van der Waals surface area contributed by atoms with Crippen molar-refractivity contribution in [2.75, 3.05) is 19.6 Å². The molecule has 0 radical (unpaired) electrons. The fourth-order valence-corrected chi connectivity index (χ4v) is 2.75. The number of nitrogens with two attached hydrogens (primary N) is 1. The van der Waals surface area contributed by atoms with Gasteiger partial charge in [0, 0.05) is 0 Å². The molecule has 1 fully saturated rings. The largest absolute Gasteiger partial charge is 0.330 e. The molecule has 1 unspecified atom stereocenters. The Morgan fingerprint density at radius 3 is 2.75 bits per heavy atom. The van der Waals surface area contributed by atoms with E-state index >= 15 is 0 Å². The first-order valence-corrected chi connectivity index (χ1v) is 6.28. The summed E-state index contributed by atoms with van der Waals surface area (Å²) in [6.07, 6.45) is 2.52. The Morgan fingerprint density at radius 2 is 2.12 bits per heavy atom. The van der Waals surface area contributed by atoms with Gasteiger partial charge < -0.3 is 11.1 Å². The quantitative estimate of drug-likeness (QED) is 0.814. The Bertz CT molecular complexity index is 329. The lowest BCUT2D eigenvalue weighted by molar-refractivity contribution is 0.321. The lowest BCUT2D eigenvalue weighted by atomic mass is 9.80. The van der Waals surface area contributed by atoms with E-state index in [1.165, 1.54) is 24.0 Å². The minimum atomic E-state index is 0.544. The molecule has 3 N–H and O–H groups in total. The minimum Gasteiger partial charge on any atom is -0.330 e. The second-order valence-electron chi connectivity index (χ2n) is 4.84. The molecule has 0 aromatic heterocycles. The molecule has 88 valence electrons. The molecule has 16 heavy (non-hydrogen) atoms. The number of rotatable bonds is 3. The molecule has 0 amide bonds. The lowest BCUT2D eigenvalue weighted by Gasteiger charge is -2.30. The van der Waals surface area contributed by atoms with Crippen LogP contribution in [0.3, 0.4) is 0 Å². The standard InChI is InChI=1S/C14H22N2/c1-11-3-2-4-13(9-11)14(10-15)12-5-7-16-8-6-12/h2-4,9,12,14,16H,5-8,10,15H2,1H3. The van der Waals surface area contributed by atoms with E-state index in [0.29, 0.717) is 5.92 Å². The van der Waals surface area contributed by atoms with Crippen molar-refractivity contribution in [1.29, 1.82) is 0 Å². The summed E-state index contributed by atoms with van der Waals surface area (Å²) in [5.41, 5.74) is 8.73. The molecule has 1 aliphatic rings. The molecule has 1 atom stereocenters. The van der Waals surface area contributed by atoms with Crippen LogP contribution < -0.4 is 11.1 Å². The topological polar surface area (TPSA) is 38.0 Å². The molecule has 0 saturated carbocycles. The Labute approximate surface area is 98.2 Å². The average molecular weight is 218 g/mol. The maximum atomic E-state index is 5.97. The first kappa shape index (κ1) is 11.6. The zero-order chi connectivity index (χ0) is 11.4. The van der Waals surface area contributed by atoms with E-state index in [0.717, 1.165) is 25.6 Å². The number of piperidine rings is 1. The maximum Gasteiger partial charge on any atom is -0.000555 e. The molecule has 1 saturated heterocycles. The van der Waals surface area contributed by atoms with Crippen molar-refractivity contribution in [1.82, 2.24) is 5.32 Å². The van der Waals surface area contributed by atoms with E-state index in [1.807, 2.05) is 0 Å². The first-order valence-electron chi connectivity index (χ1n) is 6.28. The predicted octanol–water partition coefficient (Wildman–Crippen LogP) is 2.04. The average Bonchev–Trinajstić information content (AvgIpc) is 2.31. The van der Waals surface area contributed by atoms with Gasteiger partial charge in [-0.1, -0.05) is 29.8 Å². The van der Waals surface area contributed by atoms with E-state index < -0.39 is 0 Å². The van der Waals surface area contributed by atoms with Crippen molar-refractivity contribution in [2.45, 2.75) is 25.7 Å². The zero-order valence-electron chi connectivity index (χ0n) is 10.1. The fraction of sp³-hybridized carbons (Fsp3) is 0.571. The van der Waals surface area contributed by atoms with Crippen LogP contribution in [0.4, 0.5) is 0 Å². The lowest BCUT2D eigenvalue weighted by Crippen LogP contribution is -2.33. The molecule has 2 rings (SSSR count). The van der Waals surface area contributed by atoms with E-state index in [1.54, 1.807) is 0 Å². The molecule has 0 aliphatic carbocycles. The third-order valence-corrected chi connectivity index (χ3v) is 3.68. The van der Waals surface area contributed by atoms with E-state index in [4.69, 9.17) is 5.73 Å². The summed E-state index contributed by atoms with van der Waals surface area (Å²) in [6.45, 7) is 5.22. The monoisotopic (exact) mass is 218 g/mol. The van der Waals surface area contributed by atoms with Gasteiger partial charge in [-0.3, -0.25) is 0 Å². The third kappa shape index (κ3) is 2.63. The van der Waals surface area contributed by atoms with Crippen LogP contribution in [0, 0.1) is 12.8 Å². The number of benzene rings is 1. The number of aryl methyl sites for hydroxylation is 1. The highest BCUT2D eigenvalue weighted by molar-refractivity contribution is 5.26. The van der Waals surface area contributed by atoms with Gasteiger partial charge in [-0.15, -0.1) is 0 Å². The summed E-state index contributed by atoms with van der Waals surface area (Å²) < 4.78 is 0. The summed E-state index contributed by atoms with van der Waals surface area (Å²) in [5, 5.41) is 3.42. The van der Waals surface area contributed by atoms with Gasteiger partial charge in [0.15, 0.2) is 0 Å². The van der Waals surface area contributed by atoms with Crippen molar-refractivity contribution in [3.05, 3.63) is 35.4 Å². The first-order chi connectivity index (χ1) is 7.81. The van der Waals surface area contributed by atoms with E-state index in [2.05, 4.69) is 36.5 Å². The van der Waals surface area contributed by atoms with Gasteiger partial charge in [0.1, 0.15) is 0 Å². The van der Waals surface area contributed by atoms with Crippen molar-refractivity contribution in [3.63, 3.8) is 0 Å². The van der Waals surface area contributed by atoms with E-state index in [9.17, 15) is 0 Å². The predicted molar refractivity (Wildman–Crippen MR) is 68.6 cm³/mol. The molecular formula is C14H22N2. The Kier molecular flexibility index (Phi) is 3.97. The second-order valence-corrected chi connectivity index (χ2v) is 4.84. The summed E-state index contributed by atoms with van der Waals surface area (Å²) in [7, 11) is 0. The summed E-state index contributed by atoms with van der Waals surface area (Å²) in [4.78, 5) is 0. The van der Waals surface area contributed by atoms with Crippen molar-refractivity contribution in [2.24, 2.45) is 11.7 Å². The normalized spacial score (nSPS) is 19.6. The Hall–Kier alpha value is -0.860. The van der Waals surface area contributed by atoms with Crippen LogP contribution in [-0.4, -0.2) is 19.6 Å². The highest BCUT2D eigenvalue weighted by atomic mass is 14.9. The van der Waals surface area contributed by atoms with Gasteiger partial charge in [0.2, 0.25) is 0 Å². The van der Waals surface area contributed by atoms with Gasteiger partial charge in [-0.2, -0.15) is 0 Å². The van der Waals surface area contributed by atoms with Gasteiger partial charge >= 0.3 is 0 Å².